The summed E-state index contributed by atoms with van der Waals surface area (Å²) in [5, 5.41) is 9.61. The summed E-state index contributed by atoms with van der Waals surface area (Å²) in [6.07, 6.45) is 2.58. The van der Waals surface area contributed by atoms with Gasteiger partial charge in [0.05, 0.1) is 5.41 Å². The van der Waals surface area contributed by atoms with Crippen molar-refractivity contribution in [2.45, 2.75) is 49.6 Å². The second kappa shape index (κ2) is 10.6. The van der Waals surface area contributed by atoms with Crippen LogP contribution in [-0.4, -0.2) is 57.9 Å². The lowest BCUT2D eigenvalue weighted by atomic mass is 9.67. The Morgan fingerprint density at radius 1 is 0.676 bits per heavy atom. The van der Waals surface area contributed by atoms with Gasteiger partial charge >= 0.3 is 5.97 Å². The molecule has 0 saturated carbocycles. The number of nitrogens with zero attached hydrogens (tertiary/aromatic N) is 2. The van der Waals surface area contributed by atoms with Crippen LogP contribution in [-0.2, 0) is 19.8 Å². The lowest BCUT2D eigenvalue weighted by Gasteiger charge is -2.38. The SMILES string of the molecule is O=C(O)[C@H]1CCCN1C(=O)[C@@H]1CCCN1C(=O)CC(c1ccccc1)(c1ccccc1)c1ccccc1. The number of rotatable bonds is 7. The maximum atomic E-state index is 14.2. The van der Waals surface area contributed by atoms with E-state index in [1.807, 2.05) is 54.6 Å². The smallest absolute Gasteiger partial charge is 0.326 e. The zero-order valence-electron chi connectivity index (χ0n) is 20.8. The van der Waals surface area contributed by atoms with Crippen molar-refractivity contribution in [1.29, 1.82) is 0 Å². The molecule has 37 heavy (non-hydrogen) atoms. The van der Waals surface area contributed by atoms with Gasteiger partial charge in [-0.3, -0.25) is 9.59 Å². The molecular weight excluding hydrogens is 464 g/mol. The molecule has 1 N–H and O–H groups in total. The first-order chi connectivity index (χ1) is 18.0. The Bertz CT molecular complexity index is 1150. The molecule has 2 aliphatic rings. The predicted octanol–water partition coefficient (Wildman–Crippen LogP) is 4.48. The highest BCUT2D eigenvalue weighted by Gasteiger charge is 2.45. The molecule has 0 aliphatic carbocycles. The number of hydrogen-bond donors (Lipinski definition) is 1. The van der Waals surface area contributed by atoms with E-state index in [1.165, 1.54) is 4.90 Å². The topological polar surface area (TPSA) is 77.9 Å². The van der Waals surface area contributed by atoms with Crippen molar-refractivity contribution in [3.05, 3.63) is 108 Å². The standard InChI is InChI=1S/C31H32N2O4/c34-28(32-20-10-18-26(32)29(35)33-21-11-19-27(33)30(36)37)22-31(23-12-4-1-5-13-23,24-14-6-2-7-15-24)25-16-8-3-9-17-25/h1-9,12-17,26-27H,10-11,18-22H2,(H,36,37)/t26-,27+/m0/s1. The van der Waals surface area contributed by atoms with Crippen LogP contribution in [0.1, 0.15) is 48.8 Å². The zero-order chi connectivity index (χ0) is 25.8. The van der Waals surface area contributed by atoms with Crippen molar-refractivity contribution in [3.8, 4) is 0 Å². The van der Waals surface area contributed by atoms with Gasteiger partial charge in [-0.1, -0.05) is 91.0 Å². The molecule has 0 spiro atoms. The minimum absolute atomic E-state index is 0.0986. The Morgan fingerprint density at radius 2 is 1.11 bits per heavy atom. The molecule has 2 fully saturated rings. The third-order valence-electron chi connectivity index (χ3n) is 7.90. The van der Waals surface area contributed by atoms with Crippen molar-refractivity contribution in [2.75, 3.05) is 13.1 Å². The molecular formula is C31H32N2O4. The fourth-order valence-electron chi connectivity index (χ4n) is 6.10. The number of carbonyl (C=O) groups excluding carboxylic acids is 2. The molecule has 6 nitrogen and oxygen atoms in total. The van der Waals surface area contributed by atoms with Crippen molar-refractivity contribution in [1.82, 2.24) is 9.80 Å². The first-order valence-electron chi connectivity index (χ1n) is 13.0. The maximum Gasteiger partial charge on any atom is 0.326 e. The van der Waals surface area contributed by atoms with Crippen LogP contribution in [0.2, 0.25) is 0 Å². The normalized spacial score (nSPS) is 19.7. The molecule has 2 atom stereocenters. The monoisotopic (exact) mass is 496 g/mol. The zero-order valence-corrected chi connectivity index (χ0v) is 20.8. The van der Waals surface area contributed by atoms with Crippen LogP contribution in [0.15, 0.2) is 91.0 Å². The highest BCUT2D eigenvalue weighted by Crippen LogP contribution is 2.43. The van der Waals surface area contributed by atoms with Crippen molar-refractivity contribution < 1.29 is 19.5 Å². The quantitative estimate of drug-likeness (QED) is 0.490. The molecule has 0 aromatic heterocycles. The first-order valence-corrected chi connectivity index (χ1v) is 13.0. The van der Waals surface area contributed by atoms with Gasteiger partial charge in [0, 0.05) is 19.5 Å². The summed E-state index contributed by atoms with van der Waals surface area (Å²) in [5.74, 6) is -1.31. The van der Waals surface area contributed by atoms with Crippen LogP contribution < -0.4 is 0 Å². The van der Waals surface area contributed by atoms with Gasteiger partial charge in [-0.15, -0.1) is 0 Å². The third kappa shape index (κ3) is 4.64. The van der Waals surface area contributed by atoms with Crippen LogP contribution >= 0.6 is 0 Å². The largest absolute Gasteiger partial charge is 0.480 e. The Hall–Kier alpha value is -3.93. The number of benzene rings is 3. The van der Waals surface area contributed by atoms with Gasteiger partial charge in [0.2, 0.25) is 11.8 Å². The molecule has 2 saturated heterocycles. The fraction of sp³-hybridized carbons (Fsp3) is 0.323. The van der Waals surface area contributed by atoms with Gasteiger partial charge in [0.25, 0.3) is 0 Å². The summed E-state index contributed by atoms with van der Waals surface area (Å²) in [5.41, 5.74) is 2.28. The minimum Gasteiger partial charge on any atom is -0.480 e. The maximum absolute atomic E-state index is 14.2. The van der Waals surface area contributed by atoms with E-state index in [4.69, 9.17) is 0 Å². The van der Waals surface area contributed by atoms with Gasteiger partial charge in [-0.05, 0) is 42.4 Å². The van der Waals surface area contributed by atoms with E-state index in [-0.39, 0.29) is 18.2 Å². The summed E-state index contributed by atoms with van der Waals surface area (Å²) >= 11 is 0. The summed E-state index contributed by atoms with van der Waals surface area (Å²) < 4.78 is 0. The van der Waals surface area contributed by atoms with E-state index < -0.39 is 23.5 Å². The van der Waals surface area contributed by atoms with Gasteiger partial charge in [-0.25, -0.2) is 4.79 Å². The summed E-state index contributed by atoms with van der Waals surface area (Å²) in [6.45, 7) is 0.922. The highest BCUT2D eigenvalue weighted by molar-refractivity contribution is 5.92. The van der Waals surface area contributed by atoms with E-state index in [9.17, 15) is 19.5 Å². The number of carboxylic acid groups (broad SMARTS) is 1. The molecule has 3 aromatic carbocycles. The van der Waals surface area contributed by atoms with E-state index in [0.29, 0.717) is 32.4 Å². The molecule has 2 amide bonds. The number of carbonyl (C=O) groups is 3. The average molecular weight is 497 g/mol. The summed E-state index contributed by atoms with van der Waals surface area (Å²) in [7, 11) is 0. The second-order valence-electron chi connectivity index (χ2n) is 9.95. The number of carboxylic acids is 1. The van der Waals surface area contributed by atoms with Crippen molar-refractivity contribution >= 4 is 17.8 Å². The second-order valence-corrected chi connectivity index (χ2v) is 9.95. The van der Waals surface area contributed by atoms with Crippen molar-refractivity contribution in [2.24, 2.45) is 0 Å². The van der Waals surface area contributed by atoms with Gasteiger partial charge in [-0.2, -0.15) is 0 Å². The summed E-state index contributed by atoms with van der Waals surface area (Å²) in [4.78, 5) is 42.6. The lowest BCUT2D eigenvalue weighted by molar-refractivity contribution is -0.151. The van der Waals surface area contributed by atoms with Gasteiger partial charge < -0.3 is 14.9 Å². The average Bonchev–Trinajstić information content (AvgIpc) is 3.64. The molecule has 0 unspecified atom stereocenters. The molecule has 2 heterocycles. The number of amides is 2. The molecule has 3 aromatic rings. The molecule has 2 aliphatic heterocycles. The lowest BCUT2D eigenvalue weighted by Crippen LogP contribution is -2.51. The Balaban J connectivity index is 1.53. The minimum atomic E-state index is -0.974. The fourth-order valence-corrected chi connectivity index (χ4v) is 6.10. The van der Waals surface area contributed by atoms with Crippen LogP contribution in [0.5, 0.6) is 0 Å². The molecule has 6 heteroatoms. The van der Waals surface area contributed by atoms with E-state index >= 15 is 0 Å². The van der Waals surface area contributed by atoms with E-state index in [0.717, 1.165) is 23.1 Å². The van der Waals surface area contributed by atoms with Crippen LogP contribution in [0, 0.1) is 0 Å². The van der Waals surface area contributed by atoms with Gasteiger partial charge in [0.15, 0.2) is 0 Å². The number of hydrogen-bond acceptors (Lipinski definition) is 3. The van der Waals surface area contributed by atoms with Crippen LogP contribution in [0.3, 0.4) is 0 Å². The molecule has 0 bridgehead atoms. The Labute approximate surface area is 217 Å². The van der Waals surface area contributed by atoms with E-state index in [1.54, 1.807) is 4.90 Å². The van der Waals surface area contributed by atoms with Crippen molar-refractivity contribution in [3.63, 3.8) is 0 Å². The number of likely N-dealkylation sites (tertiary alicyclic amines) is 2. The third-order valence-corrected chi connectivity index (χ3v) is 7.90. The Kier molecular flexibility index (Phi) is 7.08. The predicted molar refractivity (Wildman–Crippen MR) is 141 cm³/mol. The molecule has 5 rings (SSSR count). The van der Waals surface area contributed by atoms with Crippen LogP contribution in [0.4, 0.5) is 0 Å². The molecule has 190 valence electrons. The Morgan fingerprint density at radius 3 is 1.57 bits per heavy atom. The van der Waals surface area contributed by atoms with Crippen LogP contribution in [0.25, 0.3) is 0 Å². The van der Waals surface area contributed by atoms with E-state index in [2.05, 4.69) is 36.4 Å². The highest BCUT2D eigenvalue weighted by atomic mass is 16.4. The summed E-state index contributed by atoms with van der Waals surface area (Å²) in [6, 6.07) is 28.8. The first kappa shape index (κ1) is 24.8. The molecule has 0 radical (unpaired) electrons. The number of aliphatic carboxylic acids is 1. The van der Waals surface area contributed by atoms with Gasteiger partial charge in [0.1, 0.15) is 12.1 Å².